The quantitative estimate of drug-likeness (QED) is 0.253. The molecule has 3 heterocycles. The number of aromatic amines is 1. The maximum atomic E-state index is 13.2. The highest BCUT2D eigenvalue weighted by Crippen LogP contribution is 2.31. The van der Waals surface area contributed by atoms with Gasteiger partial charge in [0.15, 0.2) is 5.76 Å². The van der Waals surface area contributed by atoms with Crippen LogP contribution in [0.3, 0.4) is 0 Å². The van der Waals surface area contributed by atoms with Crippen molar-refractivity contribution in [2.45, 2.75) is 39.3 Å². The van der Waals surface area contributed by atoms with Crippen LogP contribution in [0.4, 0.5) is 5.69 Å². The van der Waals surface area contributed by atoms with Gasteiger partial charge in [-0.2, -0.15) is 0 Å². The predicted molar refractivity (Wildman–Crippen MR) is 146 cm³/mol. The van der Waals surface area contributed by atoms with Crippen molar-refractivity contribution in [3.05, 3.63) is 102 Å². The van der Waals surface area contributed by atoms with Gasteiger partial charge in [-0.3, -0.25) is 14.6 Å². The highest BCUT2D eigenvalue weighted by molar-refractivity contribution is 5.94. The van der Waals surface area contributed by atoms with Crippen LogP contribution in [0.2, 0.25) is 0 Å². The van der Waals surface area contributed by atoms with Crippen LogP contribution in [0.1, 0.15) is 54.8 Å². The molecule has 38 heavy (non-hydrogen) atoms. The van der Waals surface area contributed by atoms with E-state index in [0.29, 0.717) is 18.7 Å². The van der Waals surface area contributed by atoms with E-state index >= 15 is 0 Å². The molecule has 2 amide bonds. The third kappa shape index (κ3) is 5.34. The fourth-order valence-electron chi connectivity index (χ4n) is 4.37. The minimum absolute atomic E-state index is 0.0260. The van der Waals surface area contributed by atoms with E-state index in [1.165, 1.54) is 0 Å². The molecule has 0 radical (unpaired) electrons. The molecule has 0 aliphatic rings. The molecule has 1 atom stereocenters. The number of amides is 2. The van der Waals surface area contributed by atoms with Crippen LogP contribution in [0.5, 0.6) is 0 Å². The van der Waals surface area contributed by atoms with E-state index in [0.717, 1.165) is 40.2 Å². The predicted octanol–water partition coefficient (Wildman–Crippen LogP) is 6.04. The molecular formula is C30H29N5O3. The van der Waals surface area contributed by atoms with E-state index in [2.05, 4.69) is 15.3 Å². The number of rotatable bonds is 9. The van der Waals surface area contributed by atoms with Gasteiger partial charge in [0, 0.05) is 23.9 Å². The van der Waals surface area contributed by atoms with Gasteiger partial charge in [-0.25, -0.2) is 4.98 Å². The molecule has 2 aromatic carbocycles. The first kappa shape index (κ1) is 25.0. The fourth-order valence-corrected chi connectivity index (χ4v) is 4.37. The summed E-state index contributed by atoms with van der Waals surface area (Å²) >= 11 is 0. The molecule has 1 unspecified atom stereocenters. The number of imidazole rings is 1. The SMILES string of the molecule is CCCC(=O)N(c1ccc(-c2ccc(C(=O)NCc3ccccn3)o2)cc1)C(C)c1nc2ccccc2[nH]1. The molecule has 8 heteroatoms. The van der Waals surface area contributed by atoms with Crippen molar-refractivity contribution in [1.29, 1.82) is 0 Å². The number of hydrogen-bond donors (Lipinski definition) is 2. The Balaban J connectivity index is 1.34. The van der Waals surface area contributed by atoms with Crippen molar-refractivity contribution >= 4 is 28.5 Å². The van der Waals surface area contributed by atoms with Gasteiger partial charge in [-0.15, -0.1) is 0 Å². The van der Waals surface area contributed by atoms with Gasteiger partial charge < -0.3 is 19.6 Å². The number of fused-ring (bicyclic) bond motifs is 1. The molecule has 5 aromatic rings. The van der Waals surface area contributed by atoms with Crippen LogP contribution >= 0.6 is 0 Å². The Kier molecular flexibility index (Phi) is 7.31. The third-order valence-corrected chi connectivity index (χ3v) is 6.34. The molecule has 5 rings (SSSR count). The zero-order chi connectivity index (χ0) is 26.5. The topological polar surface area (TPSA) is 104 Å². The highest BCUT2D eigenvalue weighted by Gasteiger charge is 2.25. The number of nitrogens with zero attached hydrogens (tertiary/aromatic N) is 3. The van der Waals surface area contributed by atoms with Crippen LogP contribution in [-0.4, -0.2) is 26.8 Å². The van der Waals surface area contributed by atoms with Gasteiger partial charge in [0.2, 0.25) is 5.91 Å². The maximum absolute atomic E-state index is 13.2. The Bertz CT molecular complexity index is 1510. The van der Waals surface area contributed by atoms with Crippen molar-refractivity contribution in [3.8, 4) is 11.3 Å². The first-order valence-electron chi connectivity index (χ1n) is 12.7. The molecule has 3 aromatic heterocycles. The summed E-state index contributed by atoms with van der Waals surface area (Å²) in [5.74, 6) is 1.23. The molecule has 0 saturated heterocycles. The summed E-state index contributed by atoms with van der Waals surface area (Å²) in [6, 6.07) is 24.1. The van der Waals surface area contributed by atoms with Gasteiger partial charge >= 0.3 is 0 Å². The van der Waals surface area contributed by atoms with Gasteiger partial charge in [-0.05, 0) is 74.0 Å². The Hall–Kier alpha value is -4.72. The second kappa shape index (κ2) is 11.1. The Morgan fingerprint density at radius 3 is 2.53 bits per heavy atom. The second-order valence-electron chi connectivity index (χ2n) is 9.04. The van der Waals surface area contributed by atoms with Gasteiger partial charge in [0.1, 0.15) is 11.6 Å². The smallest absolute Gasteiger partial charge is 0.287 e. The minimum Gasteiger partial charge on any atom is -0.451 e. The average Bonchev–Trinajstić information content (AvgIpc) is 3.61. The third-order valence-electron chi connectivity index (χ3n) is 6.34. The van der Waals surface area contributed by atoms with Crippen molar-refractivity contribution in [2.24, 2.45) is 0 Å². The van der Waals surface area contributed by atoms with Gasteiger partial charge in [0.05, 0.1) is 29.3 Å². The largest absolute Gasteiger partial charge is 0.451 e. The number of aromatic nitrogens is 3. The lowest BCUT2D eigenvalue weighted by molar-refractivity contribution is -0.119. The monoisotopic (exact) mass is 507 g/mol. The van der Waals surface area contributed by atoms with Gasteiger partial charge in [-0.1, -0.05) is 25.1 Å². The number of pyridine rings is 1. The number of H-pyrrole nitrogens is 1. The lowest BCUT2D eigenvalue weighted by Gasteiger charge is -2.28. The summed E-state index contributed by atoms with van der Waals surface area (Å²) in [5.41, 5.74) is 4.13. The molecule has 0 saturated carbocycles. The molecule has 192 valence electrons. The number of hydrogen-bond acceptors (Lipinski definition) is 5. The number of para-hydroxylation sites is 2. The molecule has 0 aliphatic carbocycles. The van der Waals surface area contributed by atoms with Crippen LogP contribution < -0.4 is 10.2 Å². The fraction of sp³-hybridized carbons (Fsp3) is 0.200. The zero-order valence-electron chi connectivity index (χ0n) is 21.3. The van der Waals surface area contributed by atoms with E-state index in [9.17, 15) is 9.59 Å². The van der Waals surface area contributed by atoms with E-state index < -0.39 is 0 Å². The van der Waals surface area contributed by atoms with Crippen LogP contribution in [0.15, 0.2) is 89.5 Å². The summed E-state index contributed by atoms with van der Waals surface area (Å²) in [7, 11) is 0. The first-order valence-corrected chi connectivity index (χ1v) is 12.7. The molecule has 0 bridgehead atoms. The Morgan fingerprint density at radius 1 is 1.00 bits per heavy atom. The molecule has 0 spiro atoms. The van der Waals surface area contributed by atoms with Crippen LogP contribution in [0, 0.1) is 0 Å². The number of nitrogens with one attached hydrogen (secondary N) is 2. The Morgan fingerprint density at radius 2 is 1.79 bits per heavy atom. The summed E-state index contributed by atoms with van der Waals surface area (Å²) in [6.45, 7) is 4.28. The Labute approximate surface area is 220 Å². The van der Waals surface area contributed by atoms with Crippen molar-refractivity contribution < 1.29 is 14.0 Å². The highest BCUT2D eigenvalue weighted by atomic mass is 16.3. The van der Waals surface area contributed by atoms with Crippen LogP contribution in [-0.2, 0) is 11.3 Å². The van der Waals surface area contributed by atoms with E-state index in [1.807, 2.05) is 80.6 Å². The zero-order valence-corrected chi connectivity index (χ0v) is 21.3. The van der Waals surface area contributed by atoms with Crippen molar-refractivity contribution in [1.82, 2.24) is 20.3 Å². The normalized spacial score (nSPS) is 11.8. The van der Waals surface area contributed by atoms with Crippen LogP contribution in [0.25, 0.3) is 22.4 Å². The average molecular weight is 508 g/mol. The van der Waals surface area contributed by atoms with Crippen molar-refractivity contribution in [3.63, 3.8) is 0 Å². The molecule has 0 aliphatic heterocycles. The maximum Gasteiger partial charge on any atom is 0.287 e. The van der Waals surface area contributed by atoms with Gasteiger partial charge in [0.25, 0.3) is 5.91 Å². The summed E-state index contributed by atoms with van der Waals surface area (Å²) in [6.07, 6.45) is 2.86. The number of anilines is 1. The minimum atomic E-state index is -0.311. The van der Waals surface area contributed by atoms with E-state index in [4.69, 9.17) is 9.40 Å². The molecule has 8 nitrogen and oxygen atoms in total. The lowest BCUT2D eigenvalue weighted by Crippen LogP contribution is -2.33. The molecular weight excluding hydrogens is 478 g/mol. The molecule has 0 fully saturated rings. The summed E-state index contributed by atoms with van der Waals surface area (Å²) in [5, 5.41) is 2.82. The number of furan rings is 1. The standard InChI is InChI=1S/C30H29N5O3/c1-3-8-28(36)35(20(2)29-33-24-10-4-5-11-25(24)34-29)23-14-12-21(13-15-23)26-16-17-27(38-26)30(37)32-19-22-9-6-7-18-31-22/h4-7,9-18,20H,3,8,19H2,1-2H3,(H,32,37)(H,33,34). The number of benzene rings is 2. The van der Waals surface area contributed by atoms with Crippen molar-refractivity contribution in [2.75, 3.05) is 4.90 Å². The summed E-state index contributed by atoms with van der Waals surface area (Å²) in [4.78, 5) is 39.8. The molecule has 2 N–H and O–H groups in total. The number of carbonyl (C=O) groups is 2. The van der Waals surface area contributed by atoms with E-state index in [-0.39, 0.29) is 23.6 Å². The lowest BCUT2D eigenvalue weighted by atomic mass is 10.1. The number of carbonyl (C=O) groups excluding carboxylic acids is 2. The second-order valence-corrected chi connectivity index (χ2v) is 9.04. The van der Waals surface area contributed by atoms with E-state index in [1.54, 1.807) is 23.2 Å². The summed E-state index contributed by atoms with van der Waals surface area (Å²) < 4.78 is 5.83. The first-order chi connectivity index (χ1) is 18.5.